The van der Waals surface area contributed by atoms with Crippen molar-refractivity contribution in [1.82, 2.24) is 4.98 Å². The zero-order valence-corrected chi connectivity index (χ0v) is 7.53. The van der Waals surface area contributed by atoms with Crippen molar-refractivity contribution < 1.29 is 5.11 Å². The summed E-state index contributed by atoms with van der Waals surface area (Å²) in [6, 6.07) is 3.92. The van der Waals surface area contributed by atoms with Crippen LogP contribution in [0.5, 0.6) is 0 Å². The summed E-state index contributed by atoms with van der Waals surface area (Å²) in [5.41, 5.74) is 1.14. The number of aliphatic hydroxyl groups excluding tert-OH is 1. The Kier molecular flexibility index (Phi) is 4.66. The van der Waals surface area contributed by atoms with Crippen LogP contribution in [0, 0.1) is 11.8 Å². The monoisotopic (exact) mass is 175 g/mol. The van der Waals surface area contributed by atoms with Crippen LogP contribution in [0.3, 0.4) is 0 Å². The molecular formula is C11H13NO. The van der Waals surface area contributed by atoms with Gasteiger partial charge in [-0.25, -0.2) is 0 Å². The average molecular weight is 175 g/mol. The fourth-order valence-corrected chi connectivity index (χ4v) is 0.923. The molecule has 0 aromatic carbocycles. The molecule has 0 bridgehead atoms. The number of aliphatic hydroxyl groups is 1. The van der Waals surface area contributed by atoms with E-state index in [0.717, 1.165) is 24.8 Å². The molecule has 2 nitrogen and oxygen atoms in total. The Bertz CT molecular complexity index is 284. The zero-order valence-electron chi connectivity index (χ0n) is 7.53. The highest BCUT2D eigenvalue weighted by Gasteiger charge is 1.85. The molecule has 0 atom stereocenters. The molecule has 13 heavy (non-hydrogen) atoms. The molecule has 0 spiro atoms. The van der Waals surface area contributed by atoms with Gasteiger partial charge in [-0.05, 0) is 18.1 Å². The Morgan fingerprint density at radius 1 is 1.38 bits per heavy atom. The number of unbranched alkanes of at least 4 members (excludes halogenated alkanes) is 1. The molecule has 1 heterocycles. The molecule has 1 aromatic rings. The van der Waals surface area contributed by atoms with Crippen molar-refractivity contribution in [3.05, 3.63) is 30.1 Å². The Labute approximate surface area is 78.6 Å². The van der Waals surface area contributed by atoms with Crippen LogP contribution in [-0.2, 0) is 6.42 Å². The minimum atomic E-state index is 0.224. The molecule has 1 rings (SSSR count). The van der Waals surface area contributed by atoms with E-state index in [1.54, 1.807) is 6.20 Å². The highest BCUT2D eigenvalue weighted by Crippen LogP contribution is 1.95. The van der Waals surface area contributed by atoms with Crippen molar-refractivity contribution in [3.8, 4) is 11.8 Å². The van der Waals surface area contributed by atoms with Gasteiger partial charge in [0.1, 0.15) is 0 Å². The van der Waals surface area contributed by atoms with Crippen LogP contribution < -0.4 is 0 Å². The lowest BCUT2D eigenvalue weighted by Crippen LogP contribution is -1.82. The third-order valence-electron chi connectivity index (χ3n) is 1.60. The van der Waals surface area contributed by atoms with E-state index in [0.29, 0.717) is 0 Å². The van der Waals surface area contributed by atoms with Crippen LogP contribution in [0.15, 0.2) is 24.5 Å². The number of hydrogen-bond donors (Lipinski definition) is 1. The van der Waals surface area contributed by atoms with E-state index < -0.39 is 0 Å². The maximum absolute atomic E-state index is 8.50. The van der Waals surface area contributed by atoms with Gasteiger partial charge in [0.15, 0.2) is 0 Å². The van der Waals surface area contributed by atoms with Crippen LogP contribution in [0.1, 0.15) is 18.4 Å². The maximum Gasteiger partial charge on any atom is 0.0440 e. The van der Waals surface area contributed by atoms with Gasteiger partial charge in [0.05, 0.1) is 0 Å². The second-order valence-electron chi connectivity index (χ2n) is 2.72. The number of nitrogens with zero attached hydrogens (tertiary/aromatic N) is 1. The Morgan fingerprint density at radius 3 is 3.00 bits per heavy atom. The summed E-state index contributed by atoms with van der Waals surface area (Å²) >= 11 is 0. The van der Waals surface area contributed by atoms with E-state index in [-0.39, 0.29) is 6.61 Å². The number of rotatable bonds is 3. The second kappa shape index (κ2) is 6.22. The van der Waals surface area contributed by atoms with Gasteiger partial charge >= 0.3 is 0 Å². The summed E-state index contributed by atoms with van der Waals surface area (Å²) in [7, 11) is 0. The smallest absolute Gasteiger partial charge is 0.0440 e. The van der Waals surface area contributed by atoms with Crippen molar-refractivity contribution in [2.24, 2.45) is 0 Å². The van der Waals surface area contributed by atoms with Crippen LogP contribution in [-0.4, -0.2) is 16.7 Å². The van der Waals surface area contributed by atoms with Gasteiger partial charge in [-0.3, -0.25) is 4.98 Å². The number of hydrogen-bond acceptors (Lipinski definition) is 2. The molecule has 0 aliphatic heterocycles. The minimum absolute atomic E-state index is 0.224. The van der Waals surface area contributed by atoms with Gasteiger partial charge in [-0.1, -0.05) is 12.0 Å². The van der Waals surface area contributed by atoms with Crippen molar-refractivity contribution in [2.45, 2.75) is 19.3 Å². The van der Waals surface area contributed by atoms with Gasteiger partial charge in [0.2, 0.25) is 0 Å². The molecule has 0 aliphatic carbocycles. The van der Waals surface area contributed by atoms with E-state index in [2.05, 4.69) is 16.8 Å². The molecule has 0 saturated heterocycles. The molecule has 68 valence electrons. The van der Waals surface area contributed by atoms with Gasteiger partial charge in [0, 0.05) is 31.8 Å². The van der Waals surface area contributed by atoms with E-state index in [1.165, 1.54) is 0 Å². The predicted octanol–water partition coefficient (Wildman–Crippen LogP) is 1.40. The summed E-state index contributed by atoms with van der Waals surface area (Å²) in [5, 5.41) is 8.50. The highest BCUT2D eigenvalue weighted by molar-refractivity contribution is 5.16. The molecule has 0 aliphatic rings. The maximum atomic E-state index is 8.50. The quantitative estimate of drug-likeness (QED) is 0.556. The lowest BCUT2D eigenvalue weighted by molar-refractivity contribution is 0.290. The van der Waals surface area contributed by atoms with Crippen molar-refractivity contribution >= 4 is 0 Å². The summed E-state index contributed by atoms with van der Waals surface area (Å²) in [5.74, 6) is 6.03. The fourth-order valence-electron chi connectivity index (χ4n) is 0.923. The summed E-state index contributed by atoms with van der Waals surface area (Å²) < 4.78 is 0. The molecule has 0 amide bonds. The van der Waals surface area contributed by atoms with Crippen LogP contribution in [0.4, 0.5) is 0 Å². The lowest BCUT2D eigenvalue weighted by atomic mass is 10.2. The fraction of sp³-hybridized carbons (Fsp3) is 0.364. The first kappa shape index (κ1) is 9.76. The molecular weight excluding hydrogens is 162 g/mol. The topological polar surface area (TPSA) is 33.1 Å². The largest absolute Gasteiger partial charge is 0.396 e. The highest BCUT2D eigenvalue weighted by atomic mass is 16.2. The second-order valence-corrected chi connectivity index (χ2v) is 2.72. The van der Waals surface area contributed by atoms with E-state index >= 15 is 0 Å². The Balaban J connectivity index is 2.29. The number of aromatic nitrogens is 1. The van der Waals surface area contributed by atoms with Crippen LogP contribution in [0.25, 0.3) is 0 Å². The Morgan fingerprint density at radius 2 is 2.31 bits per heavy atom. The van der Waals surface area contributed by atoms with Crippen LogP contribution in [0.2, 0.25) is 0 Å². The molecule has 0 radical (unpaired) electrons. The van der Waals surface area contributed by atoms with Crippen molar-refractivity contribution in [2.75, 3.05) is 6.61 Å². The van der Waals surface area contributed by atoms with Crippen molar-refractivity contribution in [1.29, 1.82) is 0 Å². The van der Waals surface area contributed by atoms with Crippen molar-refractivity contribution in [3.63, 3.8) is 0 Å². The first-order valence-electron chi connectivity index (χ1n) is 4.39. The van der Waals surface area contributed by atoms with E-state index in [1.807, 2.05) is 18.3 Å². The third kappa shape index (κ3) is 4.29. The molecule has 1 N–H and O–H groups in total. The first-order valence-corrected chi connectivity index (χ1v) is 4.39. The lowest BCUT2D eigenvalue weighted by Gasteiger charge is -1.90. The first-order chi connectivity index (χ1) is 6.43. The SMILES string of the molecule is OCCCC#CCc1cccnc1. The van der Waals surface area contributed by atoms with Gasteiger partial charge in [-0.2, -0.15) is 0 Å². The van der Waals surface area contributed by atoms with E-state index in [4.69, 9.17) is 5.11 Å². The summed E-state index contributed by atoms with van der Waals surface area (Å²) in [6.45, 7) is 0.224. The number of pyridine rings is 1. The molecule has 1 aromatic heterocycles. The minimum Gasteiger partial charge on any atom is -0.396 e. The summed E-state index contributed by atoms with van der Waals surface area (Å²) in [4.78, 5) is 3.99. The molecule has 0 unspecified atom stereocenters. The average Bonchev–Trinajstić information content (AvgIpc) is 2.19. The Hall–Kier alpha value is -1.33. The van der Waals surface area contributed by atoms with E-state index in [9.17, 15) is 0 Å². The predicted molar refractivity (Wildman–Crippen MR) is 52.0 cm³/mol. The zero-order chi connectivity index (χ0) is 9.36. The van der Waals surface area contributed by atoms with Gasteiger partial charge in [-0.15, -0.1) is 5.92 Å². The summed E-state index contributed by atoms with van der Waals surface area (Å²) in [6.07, 6.45) is 5.86. The third-order valence-corrected chi connectivity index (χ3v) is 1.60. The standard InChI is InChI=1S/C11H13NO/c13-9-4-2-1-3-6-11-7-5-8-12-10-11/h5,7-8,10,13H,2,4,6,9H2. The molecule has 0 fully saturated rings. The van der Waals surface area contributed by atoms with Crippen LogP contribution >= 0.6 is 0 Å². The normalized spacial score (nSPS) is 9.00. The van der Waals surface area contributed by atoms with Gasteiger partial charge < -0.3 is 5.11 Å². The van der Waals surface area contributed by atoms with Gasteiger partial charge in [0.25, 0.3) is 0 Å². The molecule has 2 heteroatoms. The molecule has 0 saturated carbocycles.